The minimum Gasteiger partial charge on any atom is -0.497 e. The van der Waals surface area contributed by atoms with Crippen LogP contribution in [0.1, 0.15) is 22.8 Å². The highest BCUT2D eigenvalue weighted by molar-refractivity contribution is 6.31. The van der Waals surface area contributed by atoms with Crippen molar-refractivity contribution in [2.75, 3.05) is 14.2 Å². The molecule has 0 aromatic heterocycles. The number of nitrogens with two attached hydrogens (primary N) is 1. The average Bonchev–Trinajstić information content (AvgIpc) is 2.62. The molecule has 1 amide bonds. The molecule has 0 saturated heterocycles. The summed E-state index contributed by atoms with van der Waals surface area (Å²) in [6.45, 7) is -0.00486. The molecule has 0 aliphatic carbocycles. The van der Waals surface area contributed by atoms with Crippen molar-refractivity contribution in [3.05, 3.63) is 63.7 Å². The molecule has 2 rings (SSSR count). The Morgan fingerprint density at radius 2 is 1.86 bits per heavy atom. The zero-order valence-electron chi connectivity index (χ0n) is 15.0. The number of amidine groups is 1. The Morgan fingerprint density at radius 3 is 2.32 bits per heavy atom. The Morgan fingerprint density at radius 1 is 1.25 bits per heavy atom. The van der Waals surface area contributed by atoms with Crippen LogP contribution >= 0.6 is 24.0 Å². The van der Waals surface area contributed by atoms with E-state index in [1.807, 2.05) is 0 Å². The fourth-order valence-electron chi connectivity index (χ4n) is 2.42. The maximum absolute atomic E-state index is 14.2. The number of hydrogen-bond acceptors (Lipinski definition) is 4. The first-order valence-electron chi connectivity index (χ1n) is 7.74. The quantitative estimate of drug-likeness (QED) is 0.460. The van der Waals surface area contributed by atoms with Crippen LogP contribution in [0, 0.1) is 17.0 Å². The molecule has 0 unspecified atom stereocenters. The van der Waals surface area contributed by atoms with Gasteiger partial charge in [0, 0.05) is 36.4 Å². The summed E-state index contributed by atoms with van der Waals surface area (Å²) in [6.07, 6.45) is -1.49. The van der Waals surface area contributed by atoms with Crippen molar-refractivity contribution in [3.8, 4) is 5.75 Å². The Balaban J connectivity index is 0.00000392. The lowest BCUT2D eigenvalue weighted by molar-refractivity contribution is -0.131. The minimum absolute atomic E-state index is 0. The van der Waals surface area contributed by atoms with Crippen LogP contribution in [0.25, 0.3) is 0 Å². The number of amides is 1. The summed E-state index contributed by atoms with van der Waals surface area (Å²) in [7, 11) is 2.44. The molecule has 10 heteroatoms. The lowest BCUT2D eigenvalue weighted by atomic mass is 10.1. The predicted octanol–water partition coefficient (Wildman–Crippen LogP) is 3.34. The van der Waals surface area contributed by atoms with Crippen LogP contribution in [0.15, 0.2) is 30.3 Å². The smallest absolute Gasteiger partial charge is 0.254 e. The van der Waals surface area contributed by atoms with E-state index < -0.39 is 29.2 Å². The van der Waals surface area contributed by atoms with Crippen molar-refractivity contribution < 1.29 is 23.0 Å². The van der Waals surface area contributed by atoms with Gasteiger partial charge in [0.25, 0.3) is 5.91 Å². The number of rotatable bonds is 7. The second-order valence-electron chi connectivity index (χ2n) is 5.56. The Hall–Kier alpha value is -2.42. The molecular formula is C18H19Cl2F2N3O3. The molecule has 28 heavy (non-hydrogen) atoms. The second-order valence-corrected chi connectivity index (χ2v) is 5.97. The van der Waals surface area contributed by atoms with E-state index in [-0.39, 0.29) is 30.5 Å². The molecule has 0 aliphatic heterocycles. The van der Waals surface area contributed by atoms with E-state index in [9.17, 15) is 13.6 Å². The van der Waals surface area contributed by atoms with Gasteiger partial charge in [0.05, 0.1) is 12.7 Å². The number of halogens is 4. The molecule has 1 atom stereocenters. The maximum Gasteiger partial charge on any atom is 0.254 e. The monoisotopic (exact) mass is 433 g/mol. The number of nitrogen functional groups attached to an aromatic ring is 1. The summed E-state index contributed by atoms with van der Waals surface area (Å²) in [6, 6.07) is 6.59. The fraction of sp³-hybridized carbons (Fsp3) is 0.222. The highest BCUT2D eigenvalue weighted by Gasteiger charge is 2.27. The van der Waals surface area contributed by atoms with Crippen LogP contribution in [0.2, 0.25) is 5.02 Å². The molecule has 6 nitrogen and oxygen atoms in total. The van der Waals surface area contributed by atoms with Gasteiger partial charge in [0.1, 0.15) is 23.2 Å². The summed E-state index contributed by atoms with van der Waals surface area (Å²) in [5.74, 6) is -2.82. The number of ether oxygens (including phenoxy) is 2. The highest BCUT2D eigenvalue weighted by Crippen LogP contribution is 2.28. The summed E-state index contributed by atoms with van der Waals surface area (Å²) < 4.78 is 38.2. The molecular weight excluding hydrogens is 415 g/mol. The third kappa shape index (κ3) is 5.31. The van der Waals surface area contributed by atoms with E-state index in [1.54, 1.807) is 12.1 Å². The number of carbonyl (C=O) groups excluding carboxylic acids is 1. The number of carbonyl (C=O) groups is 1. The standard InChI is InChI=1S/C18H18ClF2N3O3.ClH/c1-26-11-6-13(20)15(14(21)7-11)16(27-2)18(25)24-8-10-4-3-9(17(22)23)5-12(10)19;/h3-7,16H,8H2,1-2H3,(H3,22,23)(H,24,25);1H/t16-;/m0./s1. The largest absolute Gasteiger partial charge is 0.497 e. The van der Waals surface area contributed by atoms with Crippen LogP contribution in [0.4, 0.5) is 8.78 Å². The molecule has 0 spiro atoms. The normalized spacial score (nSPS) is 11.3. The van der Waals surface area contributed by atoms with Gasteiger partial charge in [-0.3, -0.25) is 10.2 Å². The van der Waals surface area contributed by atoms with Crippen LogP contribution in [0.3, 0.4) is 0 Å². The first kappa shape index (κ1) is 23.6. The Kier molecular flexibility index (Phi) is 8.62. The van der Waals surface area contributed by atoms with E-state index in [4.69, 9.17) is 32.2 Å². The zero-order chi connectivity index (χ0) is 20.1. The van der Waals surface area contributed by atoms with Crippen molar-refractivity contribution in [1.82, 2.24) is 5.32 Å². The van der Waals surface area contributed by atoms with Crippen LogP contribution in [-0.2, 0) is 16.1 Å². The summed E-state index contributed by atoms with van der Waals surface area (Å²) in [5, 5.41) is 10.2. The van der Waals surface area contributed by atoms with Crippen molar-refractivity contribution in [3.63, 3.8) is 0 Å². The van der Waals surface area contributed by atoms with Gasteiger partial charge in [-0.25, -0.2) is 8.78 Å². The van der Waals surface area contributed by atoms with E-state index >= 15 is 0 Å². The Bertz CT molecular complexity index is 858. The maximum atomic E-state index is 14.2. The SMILES string of the molecule is COc1cc(F)c([C@H](OC)C(=O)NCc2ccc(C(=N)N)cc2Cl)c(F)c1.Cl. The molecule has 0 fully saturated rings. The van der Waals surface area contributed by atoms with Crippen molar-refractivity contribution in [2.45, 2.75) is 12.6 Å². The number of benzene rings is 2. The summed E-state index contributed by atoms with van der Waals surface area (Å²) in [5.41, 5.74) is 5.84. The number of nitrogens with one attached hydrogen (secondary N) is 2. The second kappa shape index (κ2) is 10.2. The number of methoxy groups -OCH3 is 2. The fourth-order valence-corrected chi connectivity index (χ4v) is 2.67. The molecule has 0 radical (unpaired) electrons. The van der Waals surface area contributed by atoms with E-state index in [0.717, 1.165) is 12.1 Å². The van der Waals surface area contributed by atoms with Gasteiger partial charge in [0.2, 0.25) is 0 Å². The lowest BCUT2D eigenvalue weighted by Gasteiger charge is -2.18. The zero-order valence-corrected chi connectivity index (χ0v) is 16.6. The molecule has 2 aromatic carbocycles. The molecule has 2 aromatic rings. The molecule has 0 heterocycles. The van der Waals surface area contributed by atoms with Crippen molar-refractivity contribution >= 4 is 35.8 Å². The highest BCUT2D eigenvalue weighted by atomic mass is 35.5. The topological polar surface area (TPSA) is 97.4 Å². The van der Waals surface area contributed by atoms with Crippen LogP contribution in [-0.4, -0.2) is 26.0 Å². The van der Waals surface area contributed by atoms with Gasteiger partial charge in [-0.05, 0) is 11.6 Å². The molecule has 152 valence electrons. The average molecular weight is 434 g/mol. The van der Waals surface area contributed by atoms with E-state index in [1.165, 1.54) is 20.3 Å². The predicted molar refractivity (Wildman–Crippen MR) is 104 cm³/mol. The minimum atomic E-state index is -1.49. The molecule has 0 saturated carbocycles. The third-order valence-electron chi connectivity index (χ3n) is 3.84. The third-order valence-corrected chi connectivity index (χ3v) is 4.19. The summed E-state index contributed by atoms with van der Waals surface area (Å²) in [4.78, 5) is 12.4. The lowest BCUT2D eigenvalue weighted by Crippen LogP contribution is -2.31. The molecule has 4 N–H and O–H groups in total. The Labute approximate surface area is 171 Å². The molecule has 0 bridgehead atoms. The number of hydrogen-bond donors (Lipinski definition) is 3. The van der Waals surface area contributed by atoms with Crippen molar-refractivity contribution in [2.24, 2.45) is 5.73 Å². The van der Waals surface area contributed by atoms with Gasteiger partial charge < -0.3 is 20.5 Å². The van der Waals surface area contributed by atoms with Crippen LogP contribution in [0.5, 0.6) is 5.75 Å². The van der Waals surface area contributed by atoms with Gasteiger partial charge >= 0.3 is 0 Å². The van der Waals surface area contributed by atoms with Gasteiger partial charge in [-0.15, -0.1) is 12.4 Å². The summed E-state index contributed by atoms with van der Waals surface area (Å²) >= 11 is 6.10. The van der Waals surface area contributed by atoms with Gasteiger partial charge in [-0.1, -0.05) is 23.7 Å². The van der Waals surface area contributed by atoms with E-state index in [2.05, 4.69) is 5.32 Å². The molecule has 0 aliphatic rings. The van der Waals surface area contributed by atoms with Crippen molar-refractivity contribution in [1.29, 1.82) is 5.41 Å². The van der Waals surface area contributed by atoms with E-state index in [0.29, 0.717) is 16.1 Å². The first-order valence-corrected chi connectivity index (χ1v) is 8.12. The first-order chi connectivity index (χ1) is 12.8. The van der Waals surface area contributed by atoms with Gasteiger partial charge in [0.15, 0.2) is 6.10 Å². The van der Waals surface area contributed by atoms with Gasteiger partial charge in [-0.2, -0.15) is 0 Å². The van der Waals surface area contributed by atoms with Crippen LogP contribution < -0.4 is 15.8 Å².